The lowest BCUT2D eigenvalue weighted by molar-refractivity contribution is -0.122. The fraction of sp³-hybridized carbons (Fsp3) is 0.632. The first-order valence-corrected chi connectivity index (χ1v) is 8.83. The Morgan fingerprint density at radius 3 is 2.54 bits per heavy atom. The summed E-state index contributed by atoms with van der Waals surface area (Å²) in [6.45, 7) is 9.07. The highest BCUT2D eigenvalue weighted by molar-refractivity contribution is 5.78. The Bertz CT molecular complexity index is 517. The lowest BCUT2D eigenvalue weighted by atomic mass is 9.92. The van der Waals surface area contributed by atoms with Crippen molar-refractivity contribution in [3.05, 3.63) is 29.3 Å². The quantitative estimate of drug-likeness (QED) is 0.748. The molecule has 1 amide bonds. The SMILES string of the molecule is Cc1cccc(C)c1OCCNC(=O)CN1CCC(C(C)O)CC1. The lowest BCUT2D eigenvalue weighted by Crippen LogP contribution is -2.43. The summed E-state index contributed by atoms with van der Waals surface area (Å²) in [6, 6.07) is 6.07. The predicted molar refractivity (Wildman–Crippen MR) is 95.3 cm³/mol. The van der Waals surface area contributed by atoms with Crippen LogP contribution in [0.3, 0.4) is 0 Å². The molecule has 1 aliphatic rings. The summed E-state index contributed by atoms with van der Waals surface area (Å²) >= 11 is 0. The van der Waals surface area contributed by atoms with Crippen LogP contribution in [0, 0.1) is 19.8 Å². The van der Waals surface area contributed by atoms with Crippen molar-refractivity contribution < 1.29 is 14.6 Å². The van der Waals surface area contributed by atoms with Crippen molar-refractivity contribution in [2.45, 2.75) is 39.7 Å². The lowest BCUT2D eigenvalue weighted by Gasteiger charge is -2.32. The normalized spacial score (nSPS) is 17.5. The second-order valence-corrected chi connectivity index (χ2v) is 6.77. The van der Waals surface area contributed by atoms with E-state index in [2.05, 4.69) is 10.2 Å². The second-order valence-electron chi connectivity index (χ2n) is 6.77. The smallest absolute Gasteiger partial charge is 0.234 e. The fourth-order valence-corrected chi connectivity index (χ4v) is 3.22. The summed E-state index contributed by atoms with van der Waals surface area (Å²) in [5, 5.41) is 12.5. The molecule has 1 fully saturated rings. The van der Waals surface area contributed by atoms with Gasteiger partial charge in [0.05, 0.1) is 19.2 Å². The molecule has 1 atom stereocenters. The van der Waals surface area contributed by atoms with Crippen LogP contribution < -0.4 is 10.1 Å². The van der Waals surface area contributed by atoms with E-state index in [1.165, 1.54) is 0 Å². The Morgan fingerprint density at radius 1 is 1.33 bits per heavy atom. The van der Waals surface area contributed by atoms with Crippen molar-refractivity contribution in [1.82, 2.24) is 10.2 Å². The van der Waals surface area contributed by atoms with Crippen LogP contribution in [-0.2, 0) is 4.79 Å². The van der Waals surface area contributed by atoms with Crippen LogP contribution in [0.25, 0.3) is 0 Å². The first-order valence-electron chi connectivity index (χ1n) is 8.83. The summed E-state index contributed by atoms with van der Waals surface area (Å²) in [5.74, 6) is 1.32. The number of carbonyl (C=O) groups is 1. The maximum absolute atomic E-state index is 12.0. The number of aliphatic hydroxyl groups is 1. The van der Waals surface area contributed by atoms with Gasteiger partial charge in [0.15, 0.2) is 0 Å². The molecule has 2 rings (SSSR count). The minimum Gasteiger partial charge on any atom is -0.491 e. The number of carbonyl (C=O) groups excluding carboxylic acids is 1. The highest BCUT2D eigenvalue weighted by Gasteiger charge is 2.23. The molecule has 134 valence electrons. The van der Waals surface area contributed by atoms with E-state index in [1.807, 2.05) is 39.0 Å². The van der Waals surface area contributed by atoms with Crippen LogP contribution in [-0.4, -0.2) is 54.8 Å². The second kappa shape index (κ2) is 9.04. The van der Waals surface area contributed by atoms with Crippen LogP contribution in [0.1, 0.15) is 30.9 Å². The summed E-state index contributed by atoms with van der Waals surface area (Å²) in [6.07, 6.45) is 1.67. The number of piperidine rings is 1. The number of nitrogens with one attached hydrogen (secondary N) is 1. The van der Waals surface area contributed by atoms with E-state index >= 15 is 0 Å². The molecule has 1 aromatic rings. The summed E-state index contributed by atoms with van der Waals surface area (Å²) in [5.41, 5.74) is 2.23. The van der Waals surface area contributed by atoms with Crippen molar-refractivity contribution in [2.24, 2.45) is 5.92 Å². The van der Waals surface area contributed by atoms with Crippen molar-refractivity contribution in [3.8, 4) is 5.75 Å². The molecule has 1 heterocycles. The van der Waals surface area contributed by atoms with Crippen molar-refractivity contribution >= 4 is 5.91 Å². The summed E-state index contributed by atoms with van der Waals surface area (Å²) in [7, 11) is 0. The zero-order valence-electron chi connectivity index (χ0n) is 15.0. The minimum absolute atomic E-state index is 0.0376. The molecule has 24 heavy (non-hydrogen) atoms. The molecule has 0 bridgehead atoms. The van der Waals surface area contributed by atoms with Crippen molar-refractivity contribution in [1.29, 1.82) is 0 Å². The van der Waals surface area contributed by atoms with E-state index in [-0.39, 0.29) is 12.0 Å². The first-order chi connectivity index (χ1) is 11.5. The van der Waals surface area contributed by atoms with Gasteiger partial charge in [-0.2, -0.15) is 0 Å². The monoisotopic (exact) mass is 334 g/mol. The van der Waals surface area contributed by atoms with Gasteiger partial charge in [0, 0.05) is 0 Å². The molecule has 0 aromatic heterocycles. The Labute approximate surface area is 145 Å². The summed E-state index contributed by atoms with van der Waals surface area (Å²) in [4.78, 5) is 14.2. The van der Waals surface area contributed by atoms with E-state index in [9.17, 15) is 9.90 Å². The van der Waals surface area contributed by atoms with Crippen molar-refractivity contribution in [3.63, 3.8) is 0 Å². The number of amides is 1. The number of rotatable bonds is 7. The maximum atomic E-state index is 12.0. The molecule has 1 aliphatic heterocycles. The molecule has 0 saturated carbocycles. The number of nitrogens with zero attached hydrogens (tertiary/aromatic N) is 1. The van der Waals surface area contributed by atoms with Crippen LogP contribution in [0.2, 0.25) is 0 Å². The van der Waals surface area contributed by atoms with E-state index in [0.717, 1.165) is 42.8 Å². The Kier molecular flexibility index (Phi) is 7.06. The third-order valence-electron chi connectivity index (χ3n) is 4.76. The average molecular weight is 334 g/mol. The van der Waals surface area contributed by atoms with Gasteiger partial charge in [-0.3, -0.25) is 9.69 Å². The van der Waals surface area contributed by atoms with Crippen molar-refractivity contribution in [2.75, 3.05) is 32.8 Å². The average Bonchev–Trinajstić information content (AvgIpc) is 2.54. The molecule has 5 heteroatoms. The van der Waals surface area contributed by atoms with Crippen LogP contribution in [0.4, 0.5) is 0 Å². The molecule has 0 spiro atoms. The number of hydrogen-bond acceptors (Lipinski definition) is 4. The van der Waals surface area contributed by atoms with Gasteiger partial charge in [-0.25, -0.2) is 0 Å². The predicted octanol–water partition coefficient (Wildman–Crippen LogP) is 1.89. The molecule has 1 aromatic carbocycles. The molecule has 0 aliphatic carbocycles. The first kappa shape index (κ1) is 18.7. The highest BCUT2D eigenvalue weighted by atomic mass is 16.5. The van der Waals surface area contributed by atoms with E-state index in [0.29, 0.717) is 25.6 Å². The largest absolute Gasteiger partial charge is 0.491 e. The molecule has 5 nitrogen and oxygen atoms in total. The Hall–Kier alpha value is -1.59. The van der Waals surface area contributed by atoms with Gasteiger partial charge in [0.2, 0.25) is 5.91 Å². The highest BCUT2D eigenvalue weighted by Crippen LogP contribution is 2.22. The molecule has 0 radical (unpaired) electrons. The molecule has 1 unspecified atom stereocenters. The van der Waals surface area contributed by atoms with E-state index < -0.39 is 0 Å². The zero-order chi connectivity index (χ0) is 17.5. The van der Waals surface area contributed by atoms with E-state index in [4.69, 9.17) is 4.74 Å². The van der Waals surface area contributed by atoms with Crippen LogP contribution in [0.5, 0.6) is 5.75 Å². The van der Waals surface area contributed by atoms with Gasteiger partial charge >= 0.3 is 0 Å². The van der Waals surface area contributed by atoms with E-state index in [1.54, 1.807) is 0 Å². The number of aliphatic hydroxyl groups excluding tert-OH is 1. The van der Waals surface area contributed by atoms with Gasteiger partial charge in [-0.05, 0) is 63.7 Å². The molecular formula is C19H30N2O3. The van der Waals surface area contributed by atoms with Gasteiger partial charge in [-0.15, -0.1) is 0 Å². The number of hydrogen-bond donors (Lipinski definition) is 2. The fourth-order valence-electron chi connectivity index (χ4n) is 3.22. The number of likely N-dealkylation sites (tertiary alicyclic amines) is 1. The van der Waals surface area contributed by atoms with Crippen LogP contribution in [0.15, 0.2) is 18.2 Å². The Morgan fingerprint density at radius 2 is 1.96 bits per heavy atom. The number of aryl methyl sites for hydroxylation is 2. The van der Waals surface area contributed by atoms with Crippen LogP contribution >= 0.6 is 0 Å². The third-order valence-corrected chi connectivity index (χ3v) is 4.76. The molecule has 2 N–H and O–H groups in total. The van der Waals surface area contributed by atoms with Gasteiger partial charge in [0.1, 0.15) is 12.4 Å². The summed E-state index contributed by atoms with van der Waals surface area (Å²) < 4.78 is 5.79. The number of benzene rings is 1. The minimum atomic E-state index is -0.247. The van der Waals surface area contributed by atoms with Gasteiger partial charge in [-0.1, -0.05) is 18.2 Å². The maximum Gasteiger partial charge on any atom is 0.234 e. The number of para-hydroxylation sites is 1. The molecule has 1 saturated heterocycles. The number of ether oxygens (including phenoxy) is 1. The topological polar surface area (TPSA) is 61.8 Å². The third kappa shape index (κ3) is 5.49. The van der Waals surface area contributed by atoms with Gasteiger partial charge in [0.25, 0.3) is 0 Å². The van der Waals surface area contributed by atoms with Gasteiger partial charge < -0.3 is 15.2 Å². The standard InChI is InChI=1S/C19H30N2O3/c1-14-5-4-6-15(2)19(14)24-12-9-20-18(23)13-21-10-7-17(8-11-21)16(3)22/h4-6,16-17,22H,7-13H2,1-3H3,(H,20,23). The Balaban J connectivity index is 1.64. The zero-order valence-corrected chi connectivity index (χ0v) is 15.0. The molecular weight excluding hydrogens is 304 g/mol.